The molecule has 18 heavy (non-hydrogen) atoms. The van der Waals surface area contributed by atoms with E-state index >= 15 is 0 Å². The molecule has 6 heteroatoms. The first-order chi connectivity index (χ1) is 7.91. The van der Waals surface area contributed by atoms with Gasteiger partial charge in [-0.15, -0.1) is 0 Å². The van der Waals surface area contributed by atoms with Gasteiger partial charge in [-0.1, -0.05) is 78.1 Å². The van der Waals surface area contributed by atoms with E-state index in [-0.39, 0.29) is 22.4 Å². The van der Waals surface area contributed by atoms with Gasteiger partial charge in [-0.3, -0.25) is 8.42 Å². The molecule has 0 heterocycles. The van der Waals surface area contributed by atoms with Gasteiger partial charge in [0.15, 0.2) is 0 Å². The number of hydrogen-bond acceptors (Lipinski definition) is 4. The zero-order chi connectivity index (χ0) is 13.6. The molecule has 0 spiro atoms. The van der Waals surface area contributed by atoms with Crippen LogP contribution in [0.1, 0.15) is 78.1 Å². The first kappa shape index (κ1) is 23.7. The summed E-state index contributed by atoms with van der Waals surface area (Å²) in [6.45, 7) is 4.56. The third-order valence-electron chi connectivity index (χ3n) is 2.46. The fourth-order valence-electron chi connectivity index (χ4n) is 1.56. The molecule has 4 nitrogen and oxygen atoms in total. The van der Waals surface area contributed by atoms with Crippen molar-refractivity contribution in [1.82, 2.24) is 0 Å². The summed E-state index contributed by atoms with van der Waals surface area (Å²) < 4.78 is 34.1. The van der Waals surface area contributed by atoms with Gasteiger partial charge in [-0.25, -0.2) is 0 Å². The Labute approximate surface area is 128 Å². The van der Waals surface area contributed by atoms with Crippen molar-refractivity contribution in [3.05, 3.63) is 0 Å². The summed E-state index contributed by atoms with van der Waals surface area (Å²) in [4.78, 5) is 0. The minimum Gasteiger partial charge on any atom is -0.759 e. The molecule has 0 bridgehead atoms. The third kappa shape index (κ3) is 43.8. The molecule has 0 atom stereocenters. The van der Waals surface area contributed by atoms with Crippen molar-refractivity contribution >= 4 is 10.4 Å². The zero-order valence-corrected chi connectivity index (χ0v) is 13.7. The first-order valence-electron chi connectivity index (χ1n) is 6.58. The summed E-state index contributed by atoms with van der Waals surface area (Å²) in [5.74, 6) is 0. The third-order valence-corrected chi connectivity index (χ3v) is 2.46. The Morgan fingerprint density at radius 1 is 0.667 bits per heavy atom. The maximum atomic E-state index is 8.52. The van der Waals surface area contributed by atoms with E-state index in [1.807, 2.05) is 0 Å². The van der Waals surface area contributed by atoms with Crippen LogP contribution in [-0.4, -0.2) is 17.5 Å². The molecule has 0 aliphatic carbocycles. The first-order valence-corrected chi connectivity index (χ1v) is 7.91. The fraction of sp³-hybridized carbons (Fsp3) is 1.00. The Balaban J connectivity index is -0.000000321. The molecule has 0 saturated heterocycles. The SMILES string of the molecule is CCCCCCCCCCCC.O=S(=O)([O-])[O-].[Ag]. The molecule has 117 valence electrons. The van der Waals surface area contributed by atoms with E-state index in [1.165, 1.54) is 64.2 Å². The summed E-state index contributed by atoms with van der Waals surface area (Å²) in [5, 5.41) is 0. The van der Waals surface area contributed by atoms with Crippen LogP contribution in [0.4, 0.5) is 0 Å². The predicted octanol–water partition coefficient (Wildman–Crippen LogP) is 3.59. The molecular formula is C12H26AgO4S-2. The normalized spacial score (nSPS) is 10.2. The Bertz CT molecular complexity index is 212. The van der Waals surface area contributed by atoms with Crippen LogP contribution in [0.25, 0.3) is 0 Å². The van der Waals surface area contributed by atoms with Crippen molar-refractivity contribution in [2.75, 3.05) is 0 Å². The molecule has 0 unspecified atom stereocenters. The summed E-state index contributed by atoms with van der Waals surface area (Å²) in [5.41, 5.74) is 0. The molecule has 1 radical (unpaired) electrons. The molecule has 0 rings (SSSR count). The predicted molar refractivity (Wildman–Crippen MR) is 68.0 cm³/mol. The van der Waals surface area contributed by atoms with E-state index in [0.717, 1.165) is 0 Å². The van der Waals surface area contributed by atoms with Crippen LogP contribution in [0, 0.1) is 0 Å². The summed E-state index contributed by atoms with van der Waals surface area (Å²) >= 11 is 0. The molecule has 0 aliphatic heterocycles. The second kappa shape index (κ2) is 17.6. The fourth-order valence-corrected chi connectivity index (χ4v) is 1.56. The van der Waals surface area contributed by atoms with Crippen LogP contribution >= 0.6 is 0 Å². The molecule has 0 aromatic rings. The summed E-state index contributed by atoms with van der Waals surface area (Å²) in [6.07, 6.45) is 14.4. The Hall–Kier alpha value is 0.610. The van der Waals surface area contributed by atoms with Crippen molar-refractivity contribution in [3.63, 3.8) is 0 Å². The van der Waals surface area contributed by atoms with Crippen LogP contribution in [0.2, 0.25) is 0 Å². The summed E-state index contributed by atoms with van der Waals surface area (Å²) in [7, 11) is -5.17. The second-order valence-electron chi connectivity index (χ2n) is 4.24. The standard InChI is InChI=1S/C12H26.Ag.H2O4S/c1-3-5-7-9-11-12-10-8-6-4-2;;1-5(2,3)4/h3-12H2,1-2H3;;(H2,1,2,3,4)/p-2. The molecule has 0 amide bonds. The molecule has 0 aliphatic rings. The minimum atomic E-state index is -5.17. The van der Waals surface area contributed by atoms with Crippen LogP contribution in [-0.2, 0) is 32.8 Å². The van der Waals surface area contributed by atoms with Crippen LogP contribution < -0.4 is 0 Å². The monoisotopic (exact) mass is 373 g/mol. The summed E-state index contributed by atoms with van der Waals surface area (Å²) in [6, 6.07) is 0. The van der Waals surface area contributed by atoms with Crippen molar-refractivity contribution in [3.8, 4) is 0 Å². The molecular weight excluding hydrogens is 348 g/mol. The molecule has 0 fully saturated rings. The smallest absolute Gasteiger partial charge is 0.0311 e. The number of hydrogen-bond donors (Lipinski definition) is 0. The second-order valence-corrected chi connectivity index (χ2v) is 5.05. The Morgan fingerprint density at radius 3 is 1.00 bits per heavy atom. The van der Waals surface area contributed by atoms with E-state index in [2.05, 4.69) is 13.8 Å². The number of unbranched alkanes of at least 4 members (excludes halogenated alkanes) is 9. The molecule has 0 aromatic carbocycles. The quantitative estimate of drug-likeness (QED) is 0.267. The van der Waals surface area contributed by atoms with Crippen LogP contribution in [0.5, 0.6) is 0 Å². The number of rotatable bonds is 9. The van der Waals surface area contributed by atoms with Gasteiger partial charge in [-0.2, -0.15) is 0 Å². The molecule has 0 N–H and O–H groups in total. The van der Waals surface area contributed by atoms with E-state index in [1.54, 1.807) is 0 Å². The minimum absolute atomic E-state index is 0. The van der Waals surface area contributed by atoms with Gasteiger partial charge in [0.1, 0.15) is 0 Å². The average molecular weight is 374 g/mol. The zero-order valence-electron chi connectivity index (χ0n) is 11.4. The maximum absolute atomic E-state index is 8.52. The maximum Gasteiger partial charge on any atom is 0.0311 e. The van der Waals surface area contributed by atoms with Crippen LogP contribution in [0.15, 0.2) is 0 Å². The van der Waals surface area contributed by atoms with Crippen molar-refractivity contribution in [1.29, 1.82) is 0 Å². The van der Waals surface area contributed by atoms with Crippen molar-refractivity contribution < 1.29 is 39.9 Å². The average Bonchev–Trinajstić information content (AvgIpc) is 2.20. The van der Waals surface area contributed by atoms with E-state index in [9.17, 15) is 0 Å². The molecule has 0 saturated carbocycles. The van der Waals surface area contributed by atoms with Gasteiger partial charge < -0.3 is 9.11 Å². The Kier molecular flexibility index (Phi) is 23.2. The van der Waals surface area contributed by atoms with Gasteiger partial charge in [-0.05, 0) is 0 Å². The van der Waals surface area contributed by atoms with Gasteiger partial charge in [0.25, 0.3) is 0 Å². The van der Waals surface area contributed by atoms with E-state index in [0.29, 0.717) is 0 Å². The largest absolute Gasteiger partial charge is 0.759 e. The van der Waals surface area contributed by atoms with E-state index < -0.39 is 10.4 Å². The van der Waals surface area contributed by atoms with E-state index in [4.69, 9.17) is 17.5 Å². The molecule has 0 aromatic heterocycles. The Morgan fingerprint density at radius 2 is 0.833 bits per heavy atom. The van der Waals surface area contributed by atoms with Gasteiger partial charge in [0.05, 0.1) is 0 Å². The van der Waals surface area contributed by atoms with Gasteiger partial charge in [0.2, 0.25) is 0 Å². The van der Waals surface area contributed by atoms with Crippen molar-refractivity contribution in [2.45, 2.75) is 78.1 Å². The van der Waals surface area contributed by atoms with Crippen LogP contribution in [0.3, 0.4) is 0 Å². The topological polar surface area (TPSA) is 80.3 Å². The van der Waals surface area contributed by atoms with Gasteiger partial charge >= 0.3 is 0 Å². The van der Waals surface area contributed by atoms with Gasteiger partial charge in [0, 0.05) is 32.8 Å². The van der Waals surface area contributed by atoms with Crippen molar-refractivity contribution in [2.24, 2.45) is 0 Å².